The van der Waals surface area contributed by atoms with Crippen molar-refractivity contribution in [3.8, 4) is 0 Å². The van der Waals surface area contributed by atoms with E-state index in [1.165, 1.54) is 0 Å². The third-order valence-corrected chi connectivity index (χ3v) is 3.09. The van der Waals surface area contributed by atoms with E-state index >= 15 is 0 Å². The normalized spacial score (nSPS) is 42.1. The van der Waals surface area contributed by atoms with Gasteiger partial charge in [0.1, 0.15) is 6.10 Å². The van der Waals surface area contributed by atoms with Crippen LogP contribution in [0.15, 0.2) is 12.7 Å². The van der Waals surface area contributed by atoms with E-state index in [0.717, 1.165) is 32.3 Å². The number of hydrogen-bond donors (Lipinski definition) is 1. The molecule has 1 heterocycles. The Hall–Kier alpha value is -0.380. The number of aliphatic hydroxyl groups is 1. The van der Waals surface area contributed by atoms with Gasteiger partial charge in [-0.1, -0.05) is 12.5 Å². The second-order valence-corrected chi connectivity index (χ2v) is 4.20. The molecule has 1 aliphatic carbocycles. The van der Waals surface area contributed by atoms with Crippen molar-refractivity contribution in [2.24, 2.45) is 5.92 Å². The Labute approximate surface area is 84.7 Å². The molecule has 3 unspecified atom stereocenters. The fraction of sp³-hybridized carbons (Fsp3) is 0.818. The van der Waals surface area contributed by atoms with Gasteiger partial charge in [-0.3, -0.25) is 0 Å². The van der Waals surface area contributed by atoms with Gasteiger partial charge in [-0.05, 0) is 12.8 Å². The minimum atomic E-state index is -0.980. The summed E-state index contributed by atoms with van der Waals surface area (Å²) in [5, 5.41) is 10.3. The van der Waals surface area contributed by atoms with Gasteiger partial charge in [0.05, 0.1) is 13.2 Å². The molecule has 0 radical (unpaired) electrons. The van der Waals surface area contributed by atoms with Crippen molar-refractivity contribution < 1.29 is 14.6 Å². The Bertz CT molecular complexity index is 213. The van der Waals surface area contributed by atoms with Crippen molar-refractivity contribution in [2.45, 2.75) is 37.6 Å². The summed E-state index contributed by atoms with van der Waals surface area (Å²) in [6.07, 6.45) is 5.91. The van der Waals surface area contributed by atoms with Crippen LogP contribution in [0.5, 0.6) is 0 Å². The van der Waals surface area contributed by atoms with E-state index in [0.29, 0.717) is 6.61 Å². The molecule has 3 atom stereocenters. The predicted octanol–water partition coefficient (Wildman–Crippen LogP) is 1.47. The standard InChI is InChI=1S/C11H18O3/c1-2-9-5-3-4-6-11(9,12)14-8-10-7-13-10/h2,9-10,12H,1,3-8H2. The zero-order valence-corrected chi connectivity index (χ0v) is 8.45. The van der Waals surface area contributed by atoms with Gasteiger partial charge in [-0.25, -0.2) is 0 Å². The van der Waals surface area contributed by atoms with Crippen LogP contribution in [0.1, 0.15) is 25.7 Å². The lowest BCUT2D eigenvalue weighted by molar-refractivity contribution is -0.242. The molecular formula is C11H18O3. The molecule has 0 bridgehead atoms. The van der Waals surface area contributed by atoms with E-state index in [1.807, 2.05) is 6.08 Å². The molecule has 1 saturated heterocycles. The van der Waals surface area contributed by atoms with Gasteiger partial charge in [0.2, 0.25) is 0 Å². The van der Waals surface area contributed by atoms with E-state index in [9.17, 15) is 5.11 Å². The lowest BCUT2D eigenvalue weighted by Crippen LogP contribution is -2.43. The van der Waals surface area contributed by atoms with Crippen LogP contribution in [0, 0.1) is 5.92 Å². The molecule has 0 spiro atoms. The molecule has 0 aromatic heterocycles. The maximum Gasteiger partial charge on any atom is 0.171 e. The zero-order valence-electron chi connectivity index (χ0n) is 8.45. The Morgan fingerprint density at radius 3 is 3.00 bits per heavy atom. The van der Waals surface area contributed by atoms with Crippen LogP contribution < -0.4 is 0 Å². The molecular weight excluding hydrogens is 180 g/mol. The molecule has 3 heteroatoms. The Morgan fingerprint density at radius 1 is 1.57 bits per heavy atom. The van der Waals surface area contributed by atoms with Crippen molar-refractivity contribution >= 4 is 0 Å². The highest BCUT2D eigenvalue weighted by atomic mass is 16.7. The maximum atomic E-state index is 10.3. The van der Waals surface area contributed by atoms with Crippen LogP contribution in [0.2, 0.25) is 0 Å². The number of hydrogen-bond acceptors (Lipinski definition) is 3. The highest BCUT2D eigenvalue weighted by molar-refractivity contribution is 4.93. The number of rotatable bonds is 4. The van der Waals surface area contributed by atoms with Crippen molar-refractivity contribution in [3.63, 3.8) is 0 Å². The van der Waals surface area contributed by atoms with Crippen LogP contribution in [0.3, 0.4) is 0 Å². The van der Waals surface area contributed by atoms with Gasteiger partial charge < -0.3 is 14.6 Å². The SMILES string of the molecule is C=CC1CCCCC1(O)OCC1CO1. The molecule has 80 valence electrons. The first-order valence-electron chi connectivity index (χ1n) is 5.35. The first-order chi connectivity index (χ1) is 6.74. The monoisotopic (exact) mass is 198 g/mol. The summed E-state index contributed by atoms with van der Waals surface area (Å²) >= 11 is 0. The third kappa shape index (κ3) is 2.16. The quantitative estimate of drug-likeness (QED) is 0.422. The highest BCUT2D eigenvalue weighted by Crippen LogP contribution is 2.36. The summed E-state index contributed by atoms with van der Waals surface area (Å²) in [4.78, 5) is 0. The van der Waals surface area contributed by atoms with Crippen LogP contribution in [0.25, 0.3) is 0 Å². The van der Waals surface area contributed by atoms with Crippen LogP contribution in [-0.2, 0) is 9.47 Å². The molecule has 2 fully saturated rings. The summed E-state index contributed by atoms with van der Waals surface area (Å²) in [5.74, 6) is -0.902. The first-order valence-corrected chi connectivity index (χ1v) is 5.35. The van der Waals surface area contributed by atoms with Crippen molar-refractivity contribution in [1.29, 1.82) is 0 Å². The zero-order chi connectivity index (χ0) is 10.0. The third-order valence-electron chi connectivity index (χ3n) is 3.09. The number of ether oxygens (including phenoxy) is 2. The van der Waals surface area contributed by atoms with E-state index < -0.39 is 5.79 Å². The molecule has 2 aliphatic rings. The summed E-state index contributed by atoms with van der Waals surface area (Å²) in [7, 11) is 0. The fourth-order valence-corrected chi connectivity index (χ4v) is 2.04. The molecule has 0 aromatic rings. The van der Waals surface area contributed by atoms with Gasteiger partial charge in [0.25, 0.3) is 0 Å². The lowest BCUT2D eigenvalue weighted by Gasteiger charge is -2.37. The van der Waals surface area contributed by atoms with Crippen molar-refractivity contribution in [1.82, 2.24) is 0 Å². The minimum Gasteiger partial charge on any atom is -0.371 e. The number of epoxide rings is 1. The Morgan fingerprint density at radius 2 is 2.36 bits per heavy atom. The molecule has 0 amide bonds. The van der Waals surface area contributed by atoms with Gasteiger partial charge in [-0.15, -0.1) is 6.58 Å². The second-order valence-electron chi connectivity index (χ2n) is 4.20. The maximum absolute atomic E-state index is 10.3. The minimum absolute atomic E-state index is 0.0787. The summed E-state index contributed by atoms with van der Waals surface area (Å²) in [6.45, 7) is 5.04. The van der Waals surface area contributed by atoms with E-state index in [4.69, 9.17) is 9.47 Å². The lowest BCUT2D eigenvalue weighted by atomic mass is 9.83. The summed E-state index contributed by atoms with van der Waals surface area (Å²) in [5.41, 5.74) is 0. The first kappa shape index (κ1) is 10.1. The highest BCUT2D eigenvalue weighted by Gasteiger charge is 2.39. The van der Waals surface area contributed by atoms with Crippen LogP contribution in [0.4, 0.5) is 0 Å². The molecule has 3 nitrogen and oxygen atoms in total. The average Bonchev–Trinajstić information content (AvgIpc) is 2.99. The van der Waals surface area contributed by atoms with Crippen LogP contribution in [-0.4, -0.2) is 30.2 Å². The summed E-state index contributed by atoms with van der Waals surface area (Å²) in [6, 6.07) is 0. The average molecular weight is 198 g/mol. The van der Waals surface area contributed by atoms with E-state index in [-0.39, 0.29) is 12.0 Å². The van der Waals surface area contributed by atoms with Crippen molar-refractivity contribution in [3.05, 3.63) is 12.7 Å². The van der Waals surface area contributed by atoms with Gasteiger partial charge in [0.15, 0.2) is 5.79 Å². The fourth-order valence-electron chi connectivity index (χ4n) is 2.04. The Kier molecular flexibility index (Phi) is 2.91. The second kappa shape index (κ2) is 4.01. The Balaban J connectivity index is 1.90. The van der Waals surface area contributed by atoms with Crippen molar-refractivity contribution in [2.75, 3.05) is 13.2 Å². The topological polar surface area (TPSA) is 42.0 Å². The molecule has 1 N–H and O–H groups in total. The largest absolute Gasteiger partial charge is 0.371 e. The summed E-state index contributed by atoms with van der Waals surface area (Å²) < 4.78 is 10.6. The van der Waals surface area contributed by atoms with Gasteiger partial charge >= 0.3 is 0 Å². The molecule has 14 heavy (non-hydrogen) atoms. The smallest absolute Gasteiger partial charge is 0.171 e. The molecule has 0 aromatic carbocycles. The predicted molar refractivity (Wildman–Crippen MR) is 52.8 cm³/mol. The molecule has 1 aliphatic heterocycles. The molecule has 2 rings (SSSR count). The molecule has 1 saturated carbocycles. The van der Waals surface area contributed by atoms with Crippen LogP contribution >= 0.6 is 0 Å². The van der Waals surface area contributed by atoms with E-state index in [2.05, 4.69) is 6.58 Å². The van der Waals surface area contributed by atoms with Gasteiger partial charge in [0, 0.05) is 12.3 Å². The van der Waals surface area contributed by atoms with Gasteiger partial charge in [-0.2, -0.15) is 0 Å². The van der Waals surface area contributed by atoms with E-state index in [1.54, 1.807) is 0 Å².